The van der Waals surface area contributed by atoms with Gasteiger partial charge >= 0.3 is 0 Å². The summed E-state index contributed by atoms with van der Waals surface area (Å²) in [5.41, 5.74) is 0.623. The Kier molecular flexibility index (Phi) is 4.55. The Hall–Kier alpha value is -1.59. The minimum Gasteiger partial charge on any atom is -0.488 e. The van der Waals surface area contributed by atoms with Crippen molar-refractivity contribution in [1.29, 1.82) is 0 Å². The van der Waals surface area contributed by atoms with Crippen molar-refractivity contribution < 1.29 is 19.0 Å². The normalized spacial score (nSPS) is 15.6. The molecule has 0 spiro atoms. The molecule has 1 aromatic rings. The van der Waals surface area contributed by atoms with E-state index in [0.29, 0.717) is 37.7 Å². The molecule has 2 rings (SSSR count). The van der Waals surface area contributed by atoms with Gasteiger partial charge in [0.2, 0.25) is 0 Å². The summed E-state index contributed by atoms with van der Waals surface area (Å²) in [5.74, 6) is 0.619. The Bertz CT molecular complexity index is 384. The quantitative estimate of drug-likeness (QED) is 0.854. The second-order valence-electron chi connectivity index (χ2n) is 3.87. The lowest BCUT2D eigenvalue weighted by atomic mass is 10.2. The van der Waals surface area contributed by atoms with E-state index in [-0.39, 0.29) is 12.2 Å². The molecule has 1 amide bonds. The van der Waals surface area contributed by atoms with E-state index in [1.54, 1.807) is 24.3 Å². The molecule has 1 aromatic carbocycles. The Morgan fingerprint density at radius 2 is 2.00 bits per heavy atom. The van der Waals surface area contributed by atoms with E-state index in [4.69, 9.17) is 14.2 Å². The molecule has 1 saturated heterocycles. The highest BCUT2D eigenvalue weighted by molar-refractivity contribution is 5.94. The first-order chi connectivity index (χ1) is 8.79. The molecule has 0 aromatic heterocycles. The number of amides is 1. The second-order valence-corrected chi connectivity index (χ2v) is 3.87. The number of benzene rings is 1. The number of ether oxygens (including phenoxy) is 3. The fraction of sp³-hybridized carbons (Fsp3) is 0.462. The molecule has 5 heteroatoms. The van der Waals surface area contributed by atoms with Crippen LogP contribution in [-0.4, -0.2) is 38.6 Å². The van der Waals surface area contributed by atoms with Crippen molar-refractivity contribution in [3.8, 4) is 5.75 Å². The lowest BCUT2D eigenvalue weighted by molar-refractivity contribution is -0.0684. The average molecular weight is 251 g/mol. The fourth-order valence-electron chi connectivity index (χ4n) is 1.63. The van der Waals surface area contributed by atoms with Gasteiger partial charge in [-0.15, -0.1) is 0 Å². The number of hydrogen-bond donors (Lipinski definition) is 1. The van der Waals surface area contributed by atoms with Gasteiger partial charge in [0.05, 0.1) is 13.2 Å². The highest BCUT2D eigenvalue weighted by Crippen LogP contribution is 2.14. The first-order valence-electron chi connectivity index (χ1n) is 6.04. The van der Waals surface area contributed by atoms with E-state index in [2.05, 4.69) is 5.32 Å². The maximum absolute atomic E-state index is 11.5. The lowest BCUT2D eigenvalue weighted by Gasteiger charge is -2.11. The van der Waals surface area contributed by atoms with E-state index in [1.165, 1.54) is 0 Å². The molecular formula is C13H17NO4. The van der Waals surface area contributed by atoms with Crippen LogP contribution in [0.2, 0.25) is 0 Å². The van der Waals surface area contributed by atoms with Gasteiger partial charge in [-0.3, -0.25) is 4.79 Å². The topological polar surface area (TPSA) is 56.8 Å². The van der Waals surface area contributed by atoms with Gasteiger partial charge in [-0.25, -0.2) is 0 Å². The van der Waals surface area contributed by atoms with Gasteiger partial charge in [0, 0.05) is 12.1 Å². The summed E-state index contributed by atoms with van der Waals surface area (Å²) < 4.78 is 16.0. The largest absolute Gasteiger partial charge is 0.488 e. The summed E-state index contributed by atoms with van der Waals surface area (Å²) in [5, 5.41) is 2.74. The fourth-order valence-corrected chi connectivity index (χ4v) is 1.63. The third kappa shape index (κ3) is 3.45. The molecule has 0 radical (unpaired) electrons. The Morgan fingerprint density at radius 3 is 2.61 bits per heavy atom. The van der Waals surface area contributed by atoms with Crippen molar-refractivity contribution in [2.45, 2.75) is 13.2 Å². The smallest absolute Gasteiger partial charge is 0.251 e. The Morgan fingerprint density at radius 1 is 1.33 bits per heavy atom. The first-order valence-corrected chi connectivity index (χ1v) is 6.04. The van der Waals surface area contributed by atoms with E-state index in [0.717, 1.165) is 0 Å². The molecular weight excluding hydrogens is 234 g/mol. The van der Waals surface area contributed by atoms with Gasteiger partial charge in [-0.05, 0) is 31.2 Å². The summed E-state index contributed by atoms with van der Waals surface area (Å²) in [6, 6.07) is 6.99. The van der Waals surface area contributed by atoms with Crippen molar-refractivity contribution in [1.82, 2.24) is 5.32 Å². The maximum Gasteiger partial charge on any atom is 0.251 e. The molecule has 0 bridgehead atoms. The summed E-state index contributed by atoms with van der Waals surface area (Å²) in [6.45, 7) is 4.10. The van der Waals surface area contributed by atoms with Gasteiger partial charge in [0.15, 0.2) is 6.29 Å². The van der Waals surface area contributed by atoms with Gasteiger partial charge < -0.3 is 19.5 Å². The van der Waals surface area contributed by atoms with Crippen molar-refractivity contribution in [3.05, 3.63) is 29.8 Å². The van der Waals surface area contributed by atoms with Crippen LogP contribution in [0.5, 0.6) is 5.75 Å². The lowest BCUT2D eigenvalue weighted by Crippen LogP contribution is -2.22. The predicted molar refractivity (Wildman–Crippen MR) is 65.6 cm³/mol. The summed E-state index contributed by atoms with van der Waals surface area (Å²) in [7, 11) is 0. The average Bonchev–Trinajstić information content (AvgIpc) is 2.90. The number of carbonyl (C=O) groups excluding carboxylic acids is 1. The van der Waals surface area contributed by atoms with Gasteiger partial charge in [0.1, 0.15) is 12.4 Å². The standard InChI is InChI=1S/C13H17NO4/c1-2-14-13(15)10-3-5-11(6-4-10)18-9-12-16-7-8-17-12/h3-6,12H,2,7-9H2,1H3,(H,14,15). The molecule has 1 heterocycles. The Labute approximate surface area is 106 Å². The molecule has 0 aliphatic carbocycles. The van der Waals surface area contributed by atoms with Gasteiger partial charge in [-0.2, -0.15) is 0 Å². The molecule has 1 N–H and O–H groups in total. The number of hydrogen-bond acceptors (Lipinski definition) is 4. The van der Waals surface area contributed by atoms with Crippen LogP contribution in [0, 0.1) is 0 Å². The third-order valence-corrected chi connectivity index (χ3v) is 2.53. The van der Waals surface area contributed by atoms with Crippen molar-refractivity contribution >= 4 is 5.91 Å². The zero-order chi connectivity index (χ0) is 12.8. The maximum atomic E-state index is 11.5. The summed E-state index contributed by atoms with van der Waals surface area (Å²) >= 11 is 0. The molecule has 0 saturated carbocycles. The predicted octanol–water partition coefficient (Wildman–Crippen LogP) is 1.19. The molecule has 98 valence electrons. The molecule has 1 aliphatic rings. The van der Waals surface area contributed by atoms with Crippen LogP contribution in [0.15, 0.2) is 24.3 Å². The summed E-state index contributed by atoms with van der Waals surface area (Å²) in [4.78, 5) is 11.5. The van der Waals surface area contributed by atoms with Crippen LogP contribution < -0.4 is 10.1 Å². The number of carbonyl (C=O) groups is 1. The molecule has 0 unspecified atom stereocenters. The van der Waals surface area contributed by atoms with Crippen LogP contribution in [0.1, 0.15) is 17.3 Å². The van der Waals surface area contributed by atoms with E-state index >= 15 is 0 Å². The van der Waals surface area contributed by atoms with E-state index in [9.17, 15) is 4.79 Å². The third-order valence-electron chi connectivity index (χ3n) is 2.53. The zero-order valence-corrected chi connectivity index (χ0v) is 10.3. The first kappa shape index (κ1) is 12.9. The van der Waals surface area contributed by atoms with Crippen molar-refractivity contribution in [2.24, 2.45) is 0 Å². The van der Waals surface area contributed by atoms with E-state index < -0.39 is 0 Å². The highest BCUT2D eigenvalue weighted by Gasteiger charge is 2.16. The number of rotatable bonds is 5. The van der Waals surface area contributed by atoms with Crippen LogP contribution in [0.25, 0.3) is 0 Å². The second kappa shape index (κ2) is 6.37. The van der Waals surface area contributed by atoms with E-state index in [1.807, 2.05) is 6.92 Å². The molecule has 0 atom stereocenters. The van der Waals surface area contributed by atoms with Crippen molar-refractivity contribution in [3.63, 3.8) is 0 Å². The highest BCUT2D eigenvalue weighted by atomic mass is 16.7. The van der Waals surface area contributed by atoms with Crippen molar-refractivity contribution in [2.75, 3.05) is 26.4 Å². The molecule has 1 fully saturated rings. The monoisotopic (exact) mass is 251 g/mol. The van der Waals surface area contributed by atoms with Crippen LogP contribution in [0.4, 0.5) is 0 Å². The molecule has 1 aliphatic heterocycles. The minimum absolute atomic E-state index is 0.0773. The minimum atomic E-state index is -0.284. The van der Waals surface area contributed by atoms with Gasteiger partial charge in [-0.1, -0.05) is 0 Å². The zero-order valence-electron chi connectivity index (χ0n) is 10.3. The SMILES string of the molecule is CCNC(=O)c1ccc(OCC2OCCO2)cc1. The van der Waals surface area contributed by atoms with Crippen LogP contribution in [0.3, 0.4) is 0 Å². The van der Waals surface area contributed by atoms with Gasteiger partial charge in [0.25, 0.3) is 5.91 Å². The summed E-state index contributed by atoms with van der Waals surface area (Å²) in [6.07, 6.45) is -0.284. The Balaban J connectivity index is 1.85. The molecule has 18 heavy (non-hydrogen) atoms. The number of nitrogens with one attached hydrogen (secondary N) is 1. The van der Waals surface area contributed by atoms with Crippen LogP contribution >= 0.6 is 0 Å². The molecule has 5 nitrogen and oxygen atoms in total. The van der Waals surface area contributed by atoms with Crippen LogP contribution in [-0.2, 0) is 9.47 Å².